The van der Waals surface area contributed by atoms with Gasteiger partial charge in [0.1, 0.15) is 28.6 Å². The number of aliphatic hydroxyl groups excluding tert-OH is 1. The number of piperidine rings is 2. The molecule has 4 aromatic heterocycles. The average Bonchev–Trinajstić information content (AvgIpc) is 3.10. The van der Waals surface area contributed by atoms with E-state index in [1.54, 1.807) is 0 Å². The van der Waals surface area contributed by atoms with E-state index in [9.17, 15) is 4.79 Å². The van der Waals surface area contributed by atoms with Gasteiger partial charge in [0.05, 0.1) is 21.4 Å². The van der Waals surface area contributed by atoms with Crippen molar-refractivity contribution >= 4 is 53.3 Å². The number of carbonyl (C=O) groups excluding carboxylic acids is 1. The molecule has 0 saturated carbocycles. The zero-order valence-corrected chi connectivity index (χ0v) is 34.9. The number of hydrogen-bond donors (Lipinski definition) is 3. The van der Waals surface area contributed by atoms with Gasteiger partial charge in [-0.3, -0.25) is 9.97 Å². The van der Waals surface area contributed by atoms with Crippen LogP contribution in [-0.4, -0.2) is 82.1 Å². The molecule has 4 aromatic rings. The normalized spacial score (nSPS) is 14.9. The van der Waals surface area contributed by atoms with Crippen molar-refractivity contribution in [3.63, 3.8) is 0 Å². The molecule has 11 nitrogen and oxygen atoms in total. The molecule has 2 fully saturated rings. The van der Waals surface area contributed by atoms with Gasteiger partial charge in [-0.2, -0.15) is 0 Å². The number of anilines is 2. The molecule has 0 bridgehead atoms. The minimum atomic E-state index is -0.490. The van der Waals surface area contributed by atoms with Crippen molar-refractivity contribution in [1.29, 1.82) is 0 Å². The van der Waals surface area contributed by atoms with Crippen LogP contribution in [0.3, 0.4) is 0 Å². The Bertz CT molecular complexity index is 1840. The van der Waals surface area contributed by atoms with Crippen LogP contribution in [0.4, 0.5) is 16.4 Å². The molecule has 0 aromatic carbocycles. The number of nitrogens with two attached hydrogens (primary N) is 1. The number of hydrogen-bond acceptors (Lipinski definition) is 10. The molecule has 0 radical (unpaired) electrons. The van der Waals surface area contributed by atoms with Crippen LogP contribution in [-0.2, 0) is 4.74 Å². The summed E-state index contributed by atoms with van der Waals surface area (Å²) in [5.74, 6) is 1.83. The van der Waals surface area contributed by atoms with E-state index in [1.807, 2.05) is 85.1 Å². The molecular formula is C40H55Cl3N8O3. The summed E-state index contributed by atoms with van der Waals surface area (Å²) in [6.45, 7) is 17.2. The number of carbonyl (C=O) groups is 1. The van der Waals surface area contributed by atoms with Crippen LogP contribution in [0.15, 0.2) is 48.8 Å². The van der Waals surface area contributed by atoms with E-state index < -0.39 is 5.60 Å². The molecule has 54 heavy (non-hydrogen) atoms. The Morgan fingerprint density at radius 2 is 1.17 bits per heavy atom. The molecule has 0 spiro atoms. The summed E-state index contributed by atoms with van der Waals surface area (Å²) >= 11 is 12.8. The van der Waals surface area contributed by atoms with Gasteiger partial charge in [-0.05, 0) is 121 Å². The largest absolute Gasteiger partial charge is 0.444 e. The van der Waals surface area contributed by atoms with Crippen molar-refractivity contribution in [3.05, 3.63) is 81.1 Å². The second-order valence-electron chi connectivity index (χ2n) is 14.6. The second kappa shape index (κ2) is 20.3. The number of nitrogens with zero attached hydrogens (tertiary/aromatic N) is 6. The lowest BCUT2D eigenvalue weighted by Gasteiger charge is -2.33. The van der Waals surface area contributed by atoms with Crippen molar-refractivity contribution in [2.45, 2.75) is 91.8 Å². The van der Waals surface area contributed by atoms with Gasteiger partial charge in [-0.1, -0.05) is 35.3 Å². The van der Waals surface area contributed by atoms with Crippen molar-refractivity contribution < 1.29 is 14.6 Å². The first-order valence-corrected chi connectivity index (χ1v) is 18.8. The summed E-state index contributed by atoms with van der Waals surface area (Å²) in [5, 5.41) is 11.2. The minimum Gasteiger partial charge on any atom is -0.444 e. The SMILES string of the molecule is CO.Cc1cnc(-c2nc(N3CCC(N)CC3)ccc2Cl)c(C)c1.Cc1cnc(-c2nc(N3CCC(NC(=O)OC(C)(C)C)CC3)ccc2Cl)c(C)c1.Cl. The third kappa shape index (κ3) is 12.4. The Hall–Kier alpha value is -3.74. The molecular weight excluding hydrogens is 747 g/mol. The van der Waals surface area contributed by atoms with E-state index in [0.717, 1.165) is 110 Å². The summed E-state index contributed by atoms with van der Waals surface area (Å²) in [6.07, 6.45) is 7.00. The maximum Gasteiger partial charge on any atom is 0.407 e. The van der Waals surface area contributed by atoms with Gasteiger partial charge in [0, 0.05) is 57.8 Å². The van der Waals surface area contributed by atoms with E-state index in [2.05, 4.69) is 37.2 Å². The van der Waals surface area contributed by atoms with Crippen LogP contribution < -0.4 is 20.9 Å². The molecule has 14 heteroatoms. The number of halogens is 3. The van der Waals surface area contributed by atoms with Crippen LogP contribution in [0.25, 0.3) is 22.8 Å². The van der Waals surface area contributed by atoms with Gasteiger partial charge < -0.3 is 30.7 Å². The van der Waals surface area contributed by atoms with E-state index in [1.165, 1.54) is 0 Å². The highest BCUT2D eigenvalue weighted by atomic mass is 35.5. The molecule has 2 aliphatic rings. The fourth-order valence-electron chi connectivity index (χ4n) is 6.33. The molecule has 1 amide bonds. The van der Waals surface area contributed by atoms with Gasteiger partial charge in [-0.15, -0.1) is 12.4 Å². The third-order valence-electron chi connectivity index (χ3n) is 8.94. The van der Waals surface area contributed by atoms with Gasteiger partial charge in [-0.25, -0.2) is 14.8 Å². The first-order chi connectivity index (χ1) is 25.2. The molecule has 2 saturated heterocycles. The summed E-state index contributed by atoms with van der Waals surface area (Å²) in [7, 11) is 1.00. The number of aromatic nitrogens is 4. The Kier molecular flexibility index (Phi) is 16.8. The van der Waals surface area contributed by atoms with E-state index in [4.69, 9.17) is 48.7 Å². The number of aryl methyl sites for hydroxylation is 4. The number of aliphatic hydroxyl groups is 1. The summed E-state index contributed by atoms with van der Waals surface area (Å²) in [5.41, 5.74) is 13.0. The number of rotatable bonds is 5. The molecule has 294 valence electrons. The van der Waals surface area contributed by atoms with E-state index in [0.29, 0.717) is 21.8 Å². The van der Waals surface area contributed by atoms with Crippen molar-refractivity contribution in [1.82, 2.24) is 25.3 Å². The smallest absolute Gasteiger partial charge is 0.407 e. The van der Waals surface area contributed by atoms with Crippen LogP contribution in [0.2, 0.25) is 10.0 Å². The van der Waals surface area contributed by atoms with Gasteiger partial charge in [0.2, 0.25) is 0 Å². The topological polar surface area (TPSA) is 143 Å². The predicted molar refractivity (Wildman–Crippen MR) is 223 cm³/mol. The minimum absolute atomic E-state index is 0. The highest BCUT2D eigenvalue weighted by Gasteiger charge is 2.25. The van der Waals surface area contributed by atoms with Gasteiger partial charge in [0.15, 0.2) is 0 Å². The zero-order chi connectivity index (χ0) is 38.9. The van der Waals surface area contributed by atoms with Crippen molar-refractivity contribution in [2.24, 2.45) is 5.73 Å². The number of ether oxygens (including phenoxy) is 1. The maximum absolute atomic E-state index is 12.0. The van der Waals surface area contributed by atoms with Gasteiger partial charge >= 0.3 is 6.09 Å². The van der Waals surface area contributed by atoms with Gasteiger partial charge in [0.25, 0.3) is 0 Å². The Morgan fingerprint density at radius 1 is 0.759 bits per heavy atom. The number of alkyl carbamates (subject to hydrolysis) is 1. The van der Waals surface area contributed by atoms with Crippen molar-refractivity contribution in [2.75, 3.05) is 43.1 Å². The maximum atomic E-state index is 12.0. The average molecular weight is 802 g/mol. The molecule has 0 unspecified atom stereocenters. The van der Waals surface area contributed by atoms with Crippen LogP contribution in [0, 0.1) is 27.7 Å². The number of amides is 1. The Morgan fingerprint density at radius 3 is 1.56 bits per heavy atom. The molecule has 0 aliphatic carbocycles. The molecule has 4 N–H and O–H groups in total. The summed E-state index contributed by atoms with van der Waals surface area (Å²) < 4.78 is 5.35. The Labute approximate surface area is 336 Å². The third-order valence-corrected chi connectivity index (χ3v) is 9.55. The fourth-order valence-corrected chi connectivity index (χ4v) is 6.72. The molecule has 2 aliphatic heterocycles. The number of nitrogens with one attached hydrogen (secondary N) is 1. The lowest BCUT2D eigenvalue weighted by molar-refractivity contribution is 0.0497. The van der Waals surface area contributed by atoms with Crippen LogP contribution in [0.5, 0.6) is 0 Å². The highest BCUT2D eigenvalue weighted by molar-refractivity contribution is 6.33. The van der Waals surface area contributed by atoms with E-state index in [-0.39, 0.29) is 24.5 Å². The quantitative estimate of drug-likeness (QED) is 0.181. The summed E-state index contributed by atoms with van der Waals surface area (Å²) in [4.78, 5) is 35.1. The lowest BCUT2D eigenvalue weighted by Crippen LogP contribution is -2.46. The predicted octanol–water partition coefficient (Wildman–Crippen LogP) is 8.28. The molecule has 6 heterocycles. The standard InChI is InChI=1S/C22H29ClN4O2.C17H21ClN4.CH4O.ClH/c1-14-12-15(2)19(24-13-14)20-17(23)6-7-18(26-20)27-10-8-16(9-11-27)25-21(28)29-22(3,4)5;1-11-9-12(2)16(20-10-11)17-14(18)3-4-15(21-17)22-7-5-13(19)6-8-22;1-2;/h6-7,12-13,16H,8-11H2,1-5H3,(H,25,28);3-4,9-10,13H,5-8,19H2,1-2H3;2H,1H3;1H. The lowest BCUT2D eigenvalue weighted by atomic mass is 10.1. The molecule has 6 rings (SSSR count). The monoisotopic (exact) mass is 800 g/mol. The fraction of sp³-hybridized carbons (Fsp3) is 0.475. The number of pyridine rings is 4. The Balaban J connectivity index is 0.000000281. The van der Waals surface area contributed by atoms with E-state index >= 15 is 0 Å². The molecule has 0 atom stereocenters. The summed E-state index contributed by atoms with van der Waals surface area (Å²) in [6, 6.07) is 12.3. The zero-order valence-electron chi connectivity index (χ0n) is 32.6. The second-order valence-corrected chi connectivity index (χ2v) is 15.4. The van der Waals surface area contributed by atoms with Crippen LogP contribution in [0.1, 0.15) is 68.7 Å². The van der Waals surface area contributed by atoms with Crippen LogP contribution >= 0.6 is 35.6 Å². The highest BCUT2D eigenvalue weighted by Crippen LogP contribution is 2.32. The first-order valence-electron chi connectivity index (χ1n) is 18.1. The van der Waals surface area contributed by atoms with Crippen molar-refractivity contribution in [3.8, 4) is 22.8 Å². The first kappa shape index (κ1) is 44.7.